The SMILES string of the molecule is Cc1ccc2c(=O)c(N)noc2c1. The fraction of sp³-hybridized carbons (Fsp3) is 0.111. The largest absolute Gasteiger partial charge is 0.378 e. The van der Waals surface area contributed by atoms with Crippen LogP contribution in [0.25, 0.3) is 11.0 Å². The molecule has 0 aliphatic rings. The van der Waals surface area contributed by atoms with Gasteiger partial charge < -0.3 is 10.3 Å². The summed E-state index contributed by atoms with van der Waals surface area (Å²) in [6.45, 7) is 1.91. The van der Waals surface area contributed by atoms with Crippen LogP contribution in [0.3, 0.4) is 0 Å². The first-order chi connectivity index (χ1) is 6.18. The Bertz CT molecular complexity index is 516. The lowest BCUT2D eigenvalue weighted by molar-refractivity contribution is 0.446. The standard InChI is InChI=1S/C9H8N2O2/c1-5-2-3-6-7(4-5)13-11-9(10)8(6)12/h2-4H,1H3,(H2,10,11). The molecule has 0 fully saturated rings. The third-order valence-corrected chi connectivity index (χ3v) is 1.86. The Morgan fingerprint density at radius 3 is 3.00 bits per heavy atom. The van der Waals surface area contributed by atoms with Gasteiger partial charge in [0.1, 0.15) is 0 Å². The van der Waals surface area contributed by atoms with E-state index in [1.54, 1.807) is 12.1 Å². The van der Waals surface area contributed by atoms with Crippen molar-refractivity contribution in [2.24, 2.45) is 0 Å². The molecule has 0 atom stereocenters. The highest BCUT2D eigenvalue weighted by atomic mass is 16.5. The molecule has 0 amide bonds. The van der Waals surface area contributed by atoms with Gasteiger partial charge in [-0.1, -0.05) is 11.2 Å². The molecule has 4 nitrogen and oxygen atoms in total. The van der Waals surface area contributed by atoms with Crippen molar-refractivity contribution >= 4 is 16.8 Å². The van der Waals surface area contributed by atoms with Gasteiger partial charge in [-0.05, 0) is 24.6 Å². The first kappa shape index (κ1) is 7.79. The van der Waals surface area contributed by atoms with E-state index in [1.165, 1.54) is 0 Å². The van der Waals surface area contributed by atoms with Crippen LogP contribution in [0, 0.1) is 6.92 Å². The second kappa shape index (κ2) is 2.58. The van der Waals surface area contributed by atoms with E-state index in [-0.39, 0.29) is 11.2 Å². The van der Waals surface area contributed by atoms with Crippen LogP contribution in [0.5, 0.6) is 0 Å². The molecule has 0 spiro atoms. The smallest absolute Gasteiger partial charge is 0.234 e. The number of aromatic nitrogens is 1. The van der Waals surface area contributed by atoms with Crippen molar-refractivity contribution in [1.29, 1.82) is 0 Å². The Kier molecular flexibility index (Phi) is 1.55. The Morgan fingerprint density at radius 1 is 1.46 bits per heavy atom. The van der Waals surface area contributed by atoms with E-state index >= 15 is 0 Å². The van der Waals surface area contributed by atoms with E-state index < -0.39 is 0 Å². The second-order valence-corrected chi connectivity index (χ2v) is 2.90. The van der Waals surface area contributed by atoms with Gasteiger partial charge in [-0.2, -0.15) is 0 Å². The van der Waals surface area contributed by atoms with E-state index in [2.05, 4.69) is 5.16 Å². The van der Waals surface area contributed by atoms with Gasteiger partial charge in [0, 0.05) is 0 Å². The average molecular weight is 176 g/mol. The van der Waals surface area contributed by atoms with Crippen LogP contribution in [0.4, 0.5) is 5.82 Å². The summed E-state index contributed by atoms with van der Waals surface area (Å²) in [5, 5.41) is 3.91. The van der Waals surface area contributed by atoms with Gasteiger partial charge in [0.25, 0.3) is 0 Å². The highest BCUT2D eigenvalue weighted by Gasteiger charge is 2.04. The Morgan fingerprint density at radius 2 is 2.23 bits per heavy atom. The zero-order valence-corrected chi connectivity index (χ0v) is 7.07. The lowest BCUT2D eigenvalue weighted by Gasteiger charge is -1.96. The van der Waals surface area contributed by atoms with Crippen molar-refractivity contribution in [3.05, 3.63) is 34.0 Å². The van der Waals surface area contributed by atoms with Crippen LogP contribution in [0.1, 0.15) is 5.56 Å². The summed E-state index contributed by atoms with van der Waals surface area (Å²) >= 11 is 0. The third-order valence-electron chi connectivity index (χ3n) is 1.86. The molecule has 1 aromatic heterocycles. The highest BCUT2D eigenvalue weighted by Crippen LogP contribution is 2.11. The minimum absolute atomic E-state index is 0.101. The topological polar surface area (TPSA) is 69.1 Å². The normalized spacial score (nSPS) is 10.5. The van der Waals surface area contributed by atoms with Gasteiger partial charge in [-0.15, -0.1) is 0 Å². The maximum Gasteiger partial charge on any atom is 0.234 e. The number of fused-ring (bicyclic) bond motifs is 1. The van der Waals surface area contributed by atoms with Crippen LogP contribution < -0.4 is 11.2 Å². The first-order valence-corrected chi connectivity index (χ1v) is 3.84. The third kappa shape index (κ3) is 1.16. The minimum Gasteiger partial charge on any atom is -0.378 e. The van der Waals surface area contributed by atoms with Gasteiger partial charge in [-0.3, -0.25) is 4.79 Å². The molecule has 13 heavy (non-hydrogen) atoms. The summed E-state index contributed by atoms with van der Waals surface area (Å²) in [7, 11) is 0. The van der Waals surface area contributed by atoms with Crippen molar-refractivity contribution in [2.75, 3.05) is 5.73 Å². The van der Waals surface area contributed by atoms with Crippen molar-refractivity contribution in [2.45, 2.75) is 6.92 Å². The summed E-state index contributed by atoms with van der Waals surface area (Å²) < 4.78 is 4.93. The highest BCUT2D eigenvalue weighted by molar-refractivity contribution is 5.78. The van der Waals surface area contributed by atoms with Crippen molar-refractivity contribution in [3.63, 3.8) is 0 Å². The molecule has 2 rings (SSSR count). The molecule has 66 valence electrons. The number of nitrogens with zero attached hydrogens (tertiary/aromatic N) is 1. The molecule has 1 heterocycles. The average Bonchev–Trinajstić information content (AvgIpc) is 2.12. The second-order valence-electron chi connectivity index (χ2n) is 2.90. The number of rotatable bonds is 0. The molecule has 4 heteroatoms. The van der Waals surface area contributed by atoms with E-state index in [9.17, 15) is 4.79 Å². The van der Waals surface area contributed by atoms with Crippen LogP contribution in [-0.4, -0.2) is 5.16 Å². The molecular formula is C9H8N2O2. The number of nitrogens with two attached hydrogens (primary N) is 1. The maximum atomic E-state index is 11.4. The van der Waals surface area contributed by atoms with E-state index in [4.69, 9.17) is 10.3 Å². The summed E-state index contributed by atoms with van der Waals surface area (Å²) in [5.74, 6) is -0.101. The fourth-order valence-corrected chi connectivity index (χ4v) is 1.17. The van der Waals surface area contributed by atoms with Crippen LogP contribution in [0.2, 0.25) is 0 Å². The van der Waals surface area contributed by atoms with E-state index in [1.807, 2.05) is 13.0 Å². The lowest BCUT2D eigenvalue weighted by atomic mass is 10.2. The molecule has 0 radical (unpaired) electrons. The van der Waals surface area contributed by atoms with Crippen LogP contribution in [0.15, 0.2) is 27.5 Å². The lowest BCUT2D eigenvalue weighted by Crippen LogP contribution is -2.09. The quantitative estimate of drug-likeness (QED) is 0.652. The first-order valence-electron chi connectivity index (χ1n) is 3.84. The van der Waals surface area contributed by atoms with Crippen molar-refractivity contribution in [3.8, 4) is 0 Å². The number of aryl methyl sites for hydroxylation is 1. The number of hydrogen-bond donors (Lipinski definition) is 1. The van der Waals surface area contributed by atoms with Crippen LogP contribution >= 0.6 is 0 Å². The summed E-state index contributed by atoms with van der Waals surface area (Å²) in [5.41, 5.74) is 6.52. The predicted octanol–water partition coefficient (Wildman–Crippen LogP) is 1.08. The molecule has 0 aliphatic carbocycles. The van der Waals surface area contributed by atoms with Gasteiger partial charge in [0.2, 0.25) is 11.2 Å². The molecule has 2 N–H and O–H groups in total. The monoisotopic (exact) mass is 176 g/mol. The van der Waals surface area contributed by atoms with Gasteiger partial charge in [0.05, 0.1) is 5.39 Å². The van der Waals surface area contributed by atoms with Gasteiger partial charge in [-0.25, -0.2) is 0 Å². The molecule has 2 aromatic rings. The maximum absolute atomic E-state index is 11.4. The molecule has 0 aliphatic heterocycles. The molecule has 0 unspecified atom stereocenters. The Balaban J connectivity index is 2.95. The molecule has 0 saturated heterocycles. The summed E-state index contributed by atoms with van der Waals surface area (Å²) in [6.07, 6.45) is 0. The molecule has 1 aromatic carbocycles. The van der Waals surface area contributed by atoms with Gasteiger partial charge >= 0.3 is 0 Å². The van der Waals surface area contributed by atoms with Crippen LogP contribution in [-0.2, 0) is 0 Å². The predicted molar refractivity (Wildman–Crippen MR) is 49.4 cm³/mol. The van der Waals surface area contributed by atoms with E-state index in [0.717, 1.165) is 5.56 Å². The minimum atomic E-state index is -0.277. The zero-order chi connectivity index (χ0) is 9.42. The Hall–Kier alpha value is -1.84. The summed E-state index contributed by atoms with van der Waals surface area (Å²) in [6, 6.07) is 5.27. The zero-order valence-electron chi connectivity index (χ0n) is 7.07. The Labute approximate surface area is 74.0 Å². The number of hydrogen-bond acceptors (Lipinski definition) is 4. The summed E-state index contributed by atoms with van der Waals surface area (Å²) in [4.78, 5) is 11.4. The fourth-order valence-electron chi connectivity index (χ4n) is 1.17. The number of benzene rings is 1. The molecular weight excluding hydrogens is 168 g/mol. The number of nitrogen functional groups attached to an aromatic ring is 1. The number of anilines is 1. The molecule has 0 saturated carbocycles. The van der Waals surface area contributed by atoms with Crippen molar-refractivity contribution in [1.82, 2.24) is 5.16 Å². The van der Waals surface area contributed by atoms with Gasteiger partial charge in [0.15, 0.2) is 5.58 Å². The van der Waals surface area contributed by atoms with E-state index in [0.29, 0.717) is 11.0 Å². The molecule has 0 bridgehead atoms. The van der Waals surface area contributed by atoms with Crippen molar-refractivity contribution < 1.29 is 4.52 Å².